The first-order valence-electron chi connectivity index (χ1n) is 11.4. The van der Waals surface area contributed by atoms with Crippen LogP contribution in [0, 0.1) is 0 Å². The van der Waals surface area contributed by atoms with Crippen LogP contribution in [0.2, 0.25) is 0 Å². The molecule has 0 aliphatic heterocycles. The maximum atomic E-state index is 12.3. The van der Waals surface area contributed by atoms with Crippen molar-refractivity contribution in [2.45, 2.75) is 45.4 Å². The molecule has 1 atom stereocenters. The van der Waals surface area contributed by atoms with Crippen LogP contribution in [0.4, 0.5) is 4.79 Å². The molecule has 2 aromatic carbocycles. The molecule has 0 fully saturated rings. The molecule has 0 bridgehead atoms. The molecule has 1 aromatic heterocycles. The highest BCUT2D eigenvalue weighted by atomic mass is 16.6. The third-order valence-corrected chi connectivity index (χ3v) is 5.86. The second kappa shape index (κ2) is 11.0. The van der Waals surface area contributed by atoms with Crippen molar-refractivity contribution in [2.75, 3.05) is 19.8 Å². The van der Waals surface area contributed by atoms with Gasteiger partial charge in [-0.15, -0.1) is 0 Å². The average molecular weight is 451 g/mol. The second-order valence-corrected chi connectivity index (χ2v) is 8.09. The number of para-hydroxylation sites is 1. The van der Waals surface area contributed by atoms with Crippen LogP contribution in [0.15, 0.2) is 54.6 Å². The molecule has 4 rings (SSSR count). The summed E-state index contributed by atoms with van der Waals surface area (Å²) < 4.78 is 18.1. The predicted molar refractivity (Wildman–Crippen MR) is 125 cm³/mol. The first-order chi connectivity index (χ1) is 16.2. The van der Waals surface area contributed by atoms with Gasteiger partial charge in [-0.2, -0.15) is 0 Å². The van der Waals surface area contributed by atoms with Crippen molar-refractivity contribution in [1.82, 2.24) is 9.88 Å². The Kier molecular flexibility index (Phi) is 7.62. The van der Waals surface area contributed by atoms with Crippen LogP contribution in [0.5, 0.6) is 0 Å². The zero-order valence-electron chi connectivity index (χ0n) is 18.9. The van der Waals surface area contributed by atoms with Crippen LogP contribution in [0.25, 0.3) is 10.9 Å². The van der Waals surface area contributed by atoms with Crippen LogP contribution < -0.4 is 5.32 Å². The van der Waals surface area contributed by atoms with Gasteiger partial charge in [0, 0.05) is 22.6 Å². The minimum atomic E-state index is -0.429. The van der Waals surface area contributed by atoms with Gasteiger partial charge in [0.1, 0.15) is 13.2 Å². The first-order valence-corrected chi connectivity index (χ1v) is 11.4. The van der Waals surface area contributed by atoms with Crippen molar-refractivity contribution in [3.05, 3.63) is 71.4 Å². The number of hydrogen-bond acceptors (Lipinski definition) is 5. The van der Waals surface area contributed by atoms with Gasteiger partial charge in [0.2, 0.25) is 0 Å². The van der Waals surface area contributed by atoms with Gasteiger partial charge in [-0.1, -0.05) is 48.5 Å². The summed E-state index contributed by atoms with van der Waals surface area (Å²) in [6, 6.07) is 17.9. The Morgan fingerprint density at radius 2 is 1.82 bits per heavy atom. The maximum absolute atomic E-state index is 12.3. The second-order valence-electron chi connectivity index (χ2n) is 8.09. The van der Waals surface area contributed by atoms with E-state index in [0.29, 0.717) is 26.2 Å². The number of ether oxygens (including phenoxy) is 3. The van der Waals surface area contributed by atoms with Crippen LogP contribution in [0.3, 0.4) is 0 Å². The normalized spacial score (nSPS) is 15.1. The van der Waals surface area contributed by atoms with E-state index in [1.807, 2.05) is 55.5 Å². The summed E-state index contributed by atoms with van der Waals surface area (Å²) in [7, 11) is 0. The summed E-state index contributed by atoms with van der Waals surface area (Å²) in [5.41, 5.74) is 4.43. The number of hydrogen-bond donors (Lipinski definition) is 1. The zero-order chi connectivity index (χ0) is 23.0. The number of fused-ring (bicyclic) bond motifs is 3. The lowest BCUT2D eigenvalue weighted by Gasteiger charge is -2.24. The summed E-state index contributed by atoms with van der Waals surface area (Å²) in [5, 5.41) is 4.10. The lowest BCUT2D eigenvalue weighted by Crippen LogP contribution is -2.39. The fourth-order valence-corrected chi connectivity index (χ4v) is 4.41. The number of nitrogens with zero attached hydrogens (tertiary/aromatic N) is 1. The molecule has 174 valence electrons. The molecule has 0 radical (unpaired) electrons. The van der Waals surface area contributed by atoms with E-state index in [1.54, 1.807) is 0 Å². The molecule has 1 aliphatic carbocycles. The van der Waals surface area contributed by atoms with Crippen molar-refractivity contribution in [3.63, 3.8) is 0 Å². The van der Waals surface area contributed by atoms with E-state index < -0.39 is 6.09 Å². The predicted octanol–water partition coefficient (Wildman–Crippen LogP) is 4.00. The standard InChI is InChI=1S/C26H30N2O5/c1-2-32-25(29)17-28-23-11-7-6-10-21(23)22-16-20(12-13-24(22)28)27-26(30)33-15-14-31-18-19-8-4-3-5-9-19/h3-11,20H,2,12-18H2,1H3,(H,27,30)/t20-/m1/s1. The monoisotopic (exact) mass is 450 g/mol. The summed E-state index contributed by atoms with van der Waals surface area (Å²) in [4.78, 5) is 24.4. The molecule has 3 aromatic rings. The van der Waals surface area contributed by atoms with Gasteiger partial charge in [-0.3, -0.25) is 4.79 Å². The van der Waals surface area contributed by atoms with Crippen molar-refractivity contribution < 1.29 is 23.8 Å². The van der Waals surface area contributed by atoms with Crippen molar-refractivity contribution in [2.24, 2.45) is 0 Å². The summed E-state index contributed by atoms with van der Waals surface area (Å²) >= 11 is 0. The van der Waals surface area contributed by atoms with E-state index in [-0.39, 0.29) is 25.2 Å². The Labute approximate surface area is 193 Å². The molecule has 0 saturated carbocycles. The average Bonchev–Trinajstić information content (AvgIpc) is 3.13. The smallest absolute Gasteiger partial charge is 0.407 e. The van der Waals surface area contributed by atoms with Crippen LogP contribution in [-0.4, -0.2) is 42.5 Å². The number of aromatic nitrogens is 1. The molecule has 1 heterocycles. The fraction of sp³-hybridized carbons (Fsp3) is 0.385. The SMILES string of the molecule is CCOC(=O)Cn1c2c(c3ccccc31)C[C@H](NC(=O)OCCOCc1ccccc1)CC2. The third kappa shape index (κ3) is 5.73. The lowest BCUT2D eigenvalue weighted by atomic mass is 9.91. The van der Waals surface area contributed by atoms with Gasteiger partial charge < -0.3 is 24.1 Å². The van der Waals surface area contributed by atoms with Gasteiger partial charge in [-0.25, -0.2) is 4.79 Å². The van der Waals surface area contributed by atoms with E-state index in [4.69, 9.17) is 14.2 Å². The van der Waals surface area contributed by atoms with E-state index in [0.717, 1.165) is 35.0 Å². The van der Waals surface area contributed by atoms with E-state index in [9.17, 15) is 9.59 Å². The molecule has 1 N–H and O–H groups in total. The number of rotatable bonds is 9. The minimum Gasteiger partial charge on any atom is -0.465 e. The van der Waals surface area contributed by atoms with Gasteiger partial charge >= 0.3 is 12.1 Å². The summed E-state index contributed by atoms with van der Waals surface area (Å²) in [6.07, 6.45) is 1.83. The highest BCUT2D eigenvalue weighted by Gasteiger charge is 2.27. The van der Waals surface area contributed by atoms with Crippen LogP contribution >= 0.6 is 0 Å². The summed E-state index contributed by atoms with van der Waals surface area (Å²) in [5.74, 6) is -0.237. The quantitative estimate of drug-likeness (QED) is 0.394. The summed E-state index contributed by atoms with van der Waals surface area (Å²) in [6.45, 7) is 3.42. The molecule has 7 heteroatoms. The Morgan fingerprint density at radius 3 is 2.64 bits per heavy atom. The molecular formula is C26H30N2O5. The number of alkyl carbamates (subject to hydrolysis) is 1. The van der Waals surface area contributed by atoms with E-state index in [1.165, 1.54) is 5.56 Å². The van der Waals surface area contributed by atoms with Crippen molar-refractivity contribution >= 4 is 23.0 Å². The van der Waals surface area contributed by atoms with Crippen molar-refractivity contribution in [3.8, 4) is 0 Å². The number of amides is 1. The largest absolute Gasteiger partial charge is 0.465 e. The zero-order valence-corrected chi connectivity index (χ0v) is 18.9. The van der Waals surface area contributed by atoms with E-state index in [2.05, 4.69) is 16.0 Å². The Morgan fingerprint density at radius 1 is 1.03 bits per heavy atom. The Bertz CT molecular complexity index is 1090. The van der Waals surface area contributed by atoms with Crippen LogP contribution in [-0.2, 0) is 45.0 Å². The van der Waals surface area contributed by atoms with Gasteiger partial charge in [0.15, 0.2) is 0 Å². The highest BCUT2D eigenvalue weighted by Crippen LogP contribution is 2.32. The molecule has 0 saturated heterocycles. The van der Waals surface area contributed by atoms with Crippen molar-refractivity contribution in [1.29, 1.82) is 0 Å². The molecule has 7 nitrogen and oxygen atoms in total. The third-order valence-electron chi connectivity index (χ3n) is 5.86. The highest BCUT2D eigenvalue weighted by molar-refractivity contribution is 5.87. The molecule has 0 unspecified atom stereocenters. The fourth-order valence-electron chi connectivity index (χ4n) is 4.41. The van der Waals surface area contributed by atoms with E-state index >= 15 is 0 Å². The molecule has 0 spiro atoms. The van der Waals surface area contributed by atoms with Gasteiger partial charge in [-0.05, 0) is 43.4 Å². The number of benzene rings is 2. The number of carbonyl (C=O) groups excluding carboxylic acids is 2. The number of nitrogens with one attached hydrogen (secondary N) is 1. The molecule has 1 aliphatic rings. The lowest BCUT2D eigenvalue weighted by molar-refractivity contribution is -0.143. The molecular weight excluding hydrogens is 420 g/mol. The van der Waals surface area contributed by atoms with Gasteiger partial charge in [0.05, 0.1) is 19.8 Å². The number of esters is 1. The van der Waals surface area contributed by atoms with Crippen LogP contribution in [0.1, 0.15) is 30.2 Å². The number of carbonyl (C=O) groups is 2. The Hall–Kier alpha value is -3.32. The minimum absolute atomic E-state index is 0.0166. The maximum Gasteiger partial charge on any atom is 0.407 e. The molecule has 1 amide bonds. The molecule has 33 heavy (non-hydrogen) atoms. The Balaban J connectivity index is 1.31. The van der Waals surface area contributed by atoms with Gasteiger partial charge in [0.25, 0.3) is 0 Å². The first kappa shape index (κ1) is 22.9. The topological polar surface area (TPSA) is 78.8 Å².